The van der Waals surface area contributed by atoms with E-state index in [2.05, 4.69) is 20.4 Å². The highest BCUT2D eigenvalue weighted by Crippen LogP contribution is 2.26. The first-order chi connectivity index (χ1) is 11.5. The highest BCUT2D eigenvalue weighted by atomic mass is 19.1. The van der Waals surface area contributed by atoms with Crippen molar-refractivity contribution >= 4 is 17.3 Å². The first kappa shape index (κ1) is 15.3. The lowest BCUT2D eigenvalue weighted by atomic mass is 10.1. The number of hydrogen-bond donors (Lipinski definition) is 3. The predicted octanol–water partition coefficient (Wildman–Crippen LogP) is 3.62. The van der Waals surface area contributed by atoms with Crippen molar-refractivity contribution in [1.29, 1.82) is 0 Å². The number of nitrogens with one attached hydrogen (secondary N) is 2. The molecule has 0 saturated heterocycles. The molecule has 1 aromatic heterocycles. The van der Waals surface area contributed by atoms with E-state index >= 15 is 0 Å². The van der Waals surface area contributed by atoms with Gasteiger partial charge in [0.15, 0.2) is 5.69 Å². The van der Waals surface area contributed by atoms with Gasteiger partial charge < -0.3 is 5.11 Å². The van der Waals surface area contributed by atoms with Crippen LogP contribution in [0.2, 0.25) is 0 Å². The van der Waals surface area contributed by atoms with Gasteiger partial charge in [-0.2, -0.15) is 5.11 Å². The Morgan fingerprint density at radius 2 is 1.79 bits per heavy atom. The van der Waals surface area contributed by atoms with E-state index in [1.807, 2.05) is 0 Å². The van der Waals surface area contributed by atoms with Crippen LogP contribution < -0.4 is 5.56 Å². The molecule has 3 N–H and O–H groups in total. The lowest BCUT2D eigenvalue weighted by molar-refractivity contribution is 0.0697. The van der Waals surface area contributed by atoms with Crippen molar-refractivity contribution < 1.29 is 14.3 Å². The van der Waals surface area contributed by atoms with Crippen LogP contribution in [0.25, 0.3) is 11.3 Å². The second-order valence-electron chi connectivity index (χ2n) is 4.87. The summed E-state index contributed by atoms with van der Waals surface area (Å²) in [5.74, 6) is -1.48. The Morgan fingerprint density at radius 3 is 2.50 bits per heavy atom. The fourth-order valence-corrected chi connectivity index (χ4v) is 2.08. The quantitative estimate of drug-likeness (QED) is 0.637. The third-order valence-electron chi connectivity index (χ3n) is 3.24. The highest BCUT2D eigenvalue weighted by Gasteiger charge is 2.12. The fraction of sp³-hybridized carbons (Fsp3) is 0. The molecule has 0 aliphatic heterocycles. The van der Waals surface area contributed by atoms with Crippen molar-refractivity contribution in [2.24, 2.45) is 10.2 Å². The van der Waals surface area contributed by atoms with E-state index in [4.69, 9.17) is 5.11 Å². The first-order valence-electron chi connectivity index (χ1n) is 6.86. The van der Waals surface area contributed by atoms with Gasteiger partial charge in [0.25, 0.3) is 5.56 Å². The summed E-state index contributed by atoms with van der Waals surface area (Å²) in [7, 11) is 0. The number of aromatic nitrogens is 2. The van der Waals surface area contributed by atoms with Gasteiger partial charge in [-0.3, -0.25) is 15.0 Å². The molecule has 24 heavy (non-hydrogen) atoms. The Kier molecular flexibility index (Phi) is 4.02. The minimum atomic E-state index is -1.08. The SMILES string of the molecule is O=C(O)c1cccc(N=Nc2c(-c3ccc(F)cc3)[nH][nH]c2=O)c1. The molecule has 2 aromatic carbocycles. The molecule has 120 valence electrons. The van der Waals surface area contributed by atoms with E-state index in [-0.39, 0.29) is 11.3 Å². The molecule has 0 saturated carbocycles. The number of halogens is 1. The summed E-state index contributed by atoms with van der Waals surface area (Å²) < 4.78 is 13.0. The molecule has 0 unspecified atom stereocenters. The maximum Gasteiger partial charge on any atom is 0.335 e. The van der Waals surface area contributed by atoms with Gasteiger partial charge >= 0.3 is 5.97 Å². The van der Waals surface area contributed by atoms with Crippen LogP contribution in [-0.4, -0.2) is 21.3 Å². The number of carbonyl (C=O) groups is 1. The third-order valence-corrected chi connectivity index (χ3v) is 3.24. The standard InChI is InChI=1S/C16H11FN4O3/c17-11-6-4-9(5-7-11)13-14(15(22)21-19-13)20-18-12-3-1-2-10(8-12)16(23)24/h1-8H,(H,23,24)(H2,19,21,22). The van der Waals surface area contributed by atoms with Gasteiger partial charge in [0, 0.05) is 5.56 Å². The van der Waals surface area contributed by atoms with Crippen LogP contribution >= 0.6 is 0 Å². The van der Waals surface area contributed by atoms with E-state index in [0.29, 0.717) is 16.9 Å². The van der Waals surface area contributed by atoms with Gasteiger partial charge in [0.05, 0.1) is 16.9 Å². The van der Waals surface area contributed by atoms with E-state index in [1.165, 1.54) is 42.5 Å². The summed E-state index contributed by atoms with van der Waals surface area (Å²) in [6.07, 6.45) is 0. The van der Waals surface area contributed by atoms with E-state index in [1.54, 1.807) is 6.07 Å². The number of carboxylic acid groups (broad SMARTS) is 1. The Labute approximate surface area is 134 Å². The van der Waals surface area contributed by atoms with Crippen LogP contribution in [-0.2, 0) is 0 Å². The maximum absolute atomic E-state index is 13.0. The number of benzene rings is 2. The molecule has 8 heteroatoms. The largest absolute Gasteiger partial charge is 0.478 e. The molecule has 0 aliphatic carbocycles. The topological polar surface area (TPSA) is 111 Å². The van der Waals surface area contributed by atoms with Crippen LogP contribution in [0, 0.1) is 5.82 Å². The van der Waals surface area contributed by atoms with Gasteiger partial charge in [-0.05, 0) is 42.5 Å². The summed E-state index contributed by atoms with van der Waals surface area (Å²) in [6.45, 7) is 0. The average molecular weight is 326 g/mol. The molecule has 0 fully saturated rings. The molecule has 0 aliphatic rings. The van der Waals surface area contributed by atoms with Crippen molar-refractivity contribution in [3.8, 4) is 11.3 Å². The Morgan fingerprint density at radius 1 is 1.04 bits per heavy atom. The molecule has 3 rings (SSSR count). The maximum atomic E-state index is 13.0. The zero-order valence-electron chi connectivity index (χ0n) is 12.2. The molecule has 0 amide bonds. The number of azo groups is 1. The molecular formula is C16H11FN4O3. The first-order valence-corrected chi connectivity index (χ1v) is 6.86. The number of H-pyrrole nitrogens is 2. The predicted molar refractivity (Wildman–Crippen MR) is 84.4 cm³/mol. The minimum absolute atomic E-state index is 0.0161. The molecule has 7 nitrogen and oxygen atoms in total. The van der Waals surface area contributed by atoms with Gasteiger partial charge in [-0.1, -0.05) is 6.07 Å². The number of aromatic carboxylic acids is 1. The fourth-order valence-electron chi connectivity index (χ4n) is 2.08. The minimum Gasteiger partial charge on any atom is -0.478 e. The number of rotatable bonds is 4. The molecular weight excluding hydrogens is 315 g/mol. The summed E-state index contributed by atoms with van der Waals surface area (Å²) in [4.78, 5) is 22.8. The van der Waals surface area contributed by atoms with E-state index in [0.717, 1.165) is 0 Å². The molecule has 0 bridgehead atoms. The van der Waals surface area contributed by atoms with E-state index < -0.39 is 17.3 Å². The van der Waals surface area contributed by atoms with Crippen molar-refractivity contribution in [2.45, 2.75) is 0 Å². The average Bonchev–Trinajstić information content (AvgIpc) is 2.95. The second kappa shape index (κ2) is 6.29. The van der Waals surface area contributed by atoms with Crippen LogP contribution in [0.4, 0.5) is 15.8 Å². The molecule has 1 heterocycles. The van der Waals surface area contributed by atoms with Crippen molar-refractivity contribution in [3.63, 3.8) is 0 Å². The van der Waals surface area contributed by atoms with Crippen molar-refractivity contribution in [3.05, 3.63) is 70.3 Å². The highest BCUT2D eigenvalue weighted by molar-refractivity contribution is 5.88. The van der Waals surface area contributed by atoms with Gasteiger partial charge in [-0.25, -0.2) is 9.18 Å². The van der Waals surface area contributed by atoms with Crippen molar-refractivity contribution in [2.75, 3.05) is 0 Å². The molecule has 0 radical (unpaired) electrons. The zero-order valence-corrected chi connectivity index (χ0v) is 12.2. The number of nitrogens with zero attached hydrogens (tertiary/aromatic N) is 2. The Bertz CT molecular complexity index is 973. The van der Waals surface area contributed by atoms with Crippen molar-refractivity contribution in [1.82, 2.24) is 10.2 Å². The van der Waals surface area contributed by atoms with Crippen LogP contribution in [0.3, 0.4) is 0 Å². The van der Waals surface area contributed by atoms with E-state index in [9.17, 15) is 14.0 Å². The smallest absolute Gasteiger partial charge is 0.335 e. The Hall–Kier alpha value is -3.55. The monoisotopic (exact) mass is 326 g/mol. The summed E-state index contributed by atoms with van der Waals surface area (Å²) >= 11 is 0. The summed E-state index contributed by atoms with van der Waals surface area (Å²) in [5, 5.41) is 21.8. The normalized spacial score (nSPS) is 11.0. The zero-order chi connectivity index (χ0) is 17.1. The summed E-state index contributed by atoms with van der Waals surface area (Å²) in [6, 6.07) is 11.4. The lowest BCUT2D eigenvalue weighted by Gasteiger charge is -1.99. The lowest BCUT2D eigenvalue weighted by Crippen LogP contribution is -1.96. The molecule has 0 spiro atoms. The van der Waals surface area contributed by atoms with Gasteiger partial charge in [0.1, 0.15) is 5.82 Å². The molecule has 3 aromatic rings. The Balaban J connectivity index is 1.97. The number of aromatic amines is 2. The summed E-state index contributed by atoms with van der Waals surface area (Å²) in [5.41, 5.74) is 0.796. The van der Waals surface area contributed by atoms with Crippen LogP contribution in [0.15, 0.2) is 63.6 Å². The molecule has 0 atom stereocenters. The van der Waals surface area contributed by atoms with Gasteiger partial charge in [0.2, 0.25) is 0 Å². The second-order valence-corrected chi connectivity index (χ2v) is 4.87. The van der Waals surface area contributed by atoms with Gasteiger partial charge in [-0.15, -0.1) is 5.11 Å². The third kappa shape index (κ3) is 3.12. The van der Waals surface area contributed by atoms with Crippen LogP contribution in [0.5, 0.6) is 0 Å². The number of carboxylic acids is 1. The van der Waals surface area contributed by atoms with Crippen LogP contribution in [0.1, 0.15) is 10.4 Å². The number of hydrogen-bond acceptors (Lipinski definition) is 4.